The smallest absolute Gasteiger partial charge is 0.306 e. The van der Waals surface area contributed by atoms with Gasteiger partial charge in [0.15, 0.2) is 6.10 Å². The Balaban J connectivity index is 4.51. The maximum atomic E-state index is 12.6. The molecular formula is C46H74O6. The van der Waals surface area contributed by atoms with Gasteiger partial charge in [0.1, 0.15) is 13.2 Å². The summed E-state index contributed by atoms with van der Waals surface area (Å²) in [5.41, 5.74) is 0. The summed E-state index contributed by atoms with van der Waals surface area (Å²) >= 11 is 0. The molecule has 6 nitrogen and oxygen atoms in total. The third-order valence-electron chi connectivity index (χ3n) is 8.16. The number of carbonyl (C=O) groups excluding carboxylic acids is 3. The van der Waals surface area contributed by atoms with E-state index in [4.69, 9.17) is 14.2 Å². The minimum Gasteiger partial charge on any atom is -0.462 e. The minimum absolute atomic E-state index is 0.113. The molecule has 0 bridgehead atoms. The summed E-state index contributed by atoms with van der Waals surface area (Å²) in [7, 11) is 0. The molecule has 0 aliphatic rings. The minimum atomic E-state index is -0.817. The van der Waals surface area contributed by atoms with Crippen molar-refractivity contribution in [2.45, 2.75) is 175 Å². The van der Waals surface area contributed by atoms with Gasteiger partial charge in [-0.25, -0.2) is 0 Å². The van der Waals surface area contributed by atoms with Gasteiger partial charge in [-0.1, -0.05) is 157 Å². The van der Waals surface area contributed by atoms with E-state index in [0.29, 0.717) is 19.3 Å². The lowest BCUT2D eigenvalue weighted by molar-refractivity contribution is -0.166. The Morgan fingerprint density at radius 2 is 0.788 bits per heavy atom. The lowest BCUT2D eigenvalue weighted by Gasteiger charge is -2.18. The van der Waals surface area contributed by atoms with Gasteiger partial charge < -0.3 is 14.2 Å². The molecule has 52 heavy (non-hydrogen) atoms. The van der Waals surface area contributed by atoms with Gasteiger partial charge in [0.25, 0.3) is 0 Å². The van der Waals surface area contributed by atoms with Crippen molar-refractivity contribution in [2.24, 2.45) is 0 Å². The van der Waals surface area contributed by atoms with Crippen molar-refractivity contribution < 1.29 is 28.6 Å². The maximum absolute atomic E-state index is 12.6. The highest BCUT2D eigenvalue weighted by molar-refractivity contribution is 5.71. The second-order valence-electron chi connectivity index (χ2n) is 13.1. The first-order valence-corrected chi connectivity index (χ1v) is 20.6. The zero-order valence-corrected chi connectivity index (χ0v) is 33.3. The first kappa shape index (κ1) is 48.6. The van der Waals surface area contributed by atoms with Crippen LogP contribution in [-0.2, 0) is 28.6 Å². The van der Waals surface area contributed by atoms with Crippen LogP contribution in [-0.4, -0.2) is 37.2 Å². The summed E-state index contributed by atoms with van der Waals surface area (Å²) < 4.78 is 16.5. The zero-order valence-electron chi connectivity index (χ0n) is 33.3. The molecule has 0 saturated heterocycles. The van der Waals surface area contributed by atoms with E-state index in [0.717, 1.165) is 77.0 Å². The van der Waals surface area contributed by atoms with Gasteiger partial charge in [-0.15, -0.1) is 0 Å². The van der Waals surface area contributed by atoms with E-state index in [1.165, 1.54) is 38.5 Å². The van der Waals surface area contributed by atoms with Crippen LogP contribution >= 0.6 is 0 Å². The van der Waals surface area contributed by atoms with Crippen molar-refractivity contribution in [1.29, 1.82) is 0 Å². The molecule has 0 saturated carbocycles. The number of unbranched alkanes of at least 4 members (excludes halogenated alkanes) is 10. The molecule has 0 heterocycles. The van der Waals surface area contributed by atoms with E-state index in [1.54, 1.807) is 0 Å². The Kier molecular flexibility index (Phi) is 37.7. The highest BCUT2D eigenvalue weighted by Crippen LogP contribution is 2.12. The van der Waals surface area contributed by atoms with Gasteiger partial charge in [0.05, 0.1) is 0 Å². The zero-order chi connectivity index (χ0) is 38.0. The third-order valence-corrected chi connectivity index (χ3v) is 8.16. The number of rotatable bonds is 35. The van der Waals surface area contributed by atoms with Crippen LogP contribution in [0.1, 0.15) is 168 Å². The van der Waals surface area contributed by atoms with Gasteiger partial charge >= 0.3 is 17.9 Å². The van der Waals surface area contributed by atoms with E-state index in [2.05, 4.69) is 93.7 Å². The number of ether oxygens (including phenoxy) is 3. The summed E-state index contributed by atoms with van der Waals surface area (Å²) in [4.78, 5) is 37.4. The molecule has 0 rings (SSSR count). The standard InChI is InChI=1S/C46H74O6/c1-4-7-10-13-16-19-20-21-22-23-24-25-28-30-33-36-39-45(48)51-42-43(52-46(49)40-37-34-31-27-18-15-12-9-6-3)41-50-44(47)38-35-32-29-26-17-14-11-8-5-2/h7,9-10,12,16,18-19,21-22,24-25,27,30,33,43H,4-6,8,11,13-15,17,20,23,26,28-29,31-32,34-42H2,1-3H3/b10-7-,12-9-,19-16-,22-21-,25-24-,27-18-,33-30-. The Morgan fingerprint density at radius 3 is 1.29 bits per heavy atom. The fourth-order valence-corrected chi connectivity index (χ4v) is 5.11. The average Bonchev–Trinajstić information content (AvgIpc) is 3.14. The largest absolute Gasteiger partial charge is 0.462 e. The van der Waals surface area contributed by atoms with E-state index in [9.17, 15) is 14.4 Å². The second-order valence-corrected chi connectivity index (χ2v) is 13.1. The fraction of sp³-hybridized carbons (Fsp3) is 0.630. The lowest BCUT2D eigenvalue weighted by Crippen LogP contribution is -2.30. The molecule has 294 valence electrons. The van der Waals surface area contributed by atoms with E-state index < -0.39 is 6.10 Å². The summed E-state index contributed by atoms with van der Waals surface area (Å²) in [5.74, 6) is -1.05. The first-order valence-electron chi connectivity index (χ1n) is 20.6. The molecule has 0 aromatic carbocycles. The summed E-state index contributed by atoms with van der Waals surface area (Å²) in [6.45, 7) is 6.24. The van der Waals surface area contributed by atoms with Crippen LogP contribution in [0.15, 0.2) is 85.1 Å². The molecule has 0 spiro atoms. The van der Waals surface area contributed by atoms with E-state index >= 15 is 0 Å². The molecule has 0 amide bonds. The molecule has 0 aromatic heterocycles. The fourth-order valence-electron chi connectivity index (χ4n) is 5.11. The topological polar surface area (TPSA) is 78.9 Å². The highest BCUT2D eigenvalue weighted by atomic mass is 16.6. The molecule has 0 radical (unpaired) electrons. The van der Waals surface area contributed by atoms with Crippen molar-refractivity contribution in [1.82, 2.24) is 0 Å². The highest BCUT2D eigenvalue weighted by Gasteiger charge is 2.19. The monoisotopic (exact) mass is 723 g/mol. The van der Waals surface area contributed by atoms with Gasteiger partial charge in [0.2, 0.25) is 0 Å². The van der Waals surface area contributed by atoms with Crippen LogP contribution in [0.3, 0.4) is 0 Å². The van der Waals surface area contributed by atoms with E-state index in [1.807, 2.05) is 12.2 Å². The van der Waals surface area contributed by atoms with Crippen molar-refractivity contribution in [3.05, 3.63) is 85.1 Å². The van der Waals surface area contributed by atoms with Gasteiger partial charge in [-0.3, -0.25) is 14.4 Å². The van der Waals surface area contributed by atoms with Crippen molar-refractivity contribution in [3.63, 3.8) is 0 Å². The van der Waals surface area contributed by atoms with Crippen LogP contribution in [0.25, 0.3) is 0 Å². The number of allylic oxidation sites excluding steroid dienone is 14. The van der Waals surface area contributed by atoms with E-state index in [-0.39, 0.29) is 44.0 Å². The van der Waals surface area contributed by atoms with Crippen molar-refractivity contribution in [2.75, 3.05) is 13.2 Å². The van der Waals surface area contributed by atoms with Crippen LogP contribution in [0.4, 0.5) is 0 Å². The molecule has 6 heteroatoms. The molecule has 1 unspecified atom stereocenters. The van der Waals surface area contributed by atoms with Crippen LogP contribution in [0.5, 0.6) is 0 Å². The summed E-state index contributed by atoms with van der Waals surface area (Å²) in [6, 6.07) is 0. The molecule has 1 atom stereocenters. The molecule has 0 aliphatic carbocycles. The summed E-state index contributed by atoms with van der Waals surface area (Å²) in [5, 5.41) is 0. The van der Waals surface area contributed by atoms with Gasteiger partial charge in [-0.05, 0) is 77.0 Å². The van der Waals surface area contributed by atoms with Crippen LogP contribution in [0.2, 0.25) is 0 Å². The molecule has 0 N–H and O–H groups in total. The number of carbonyl (C=O) groups is 3. The molecule has 0 fully saturated rings. The van der Waals surface area contributed by atoms with Crippen LogP contribution < -0.4 is 0 Å². The second kappa shape index (κ2) is 40.4. The Morgan fingerprint density at radius 1 is 0.404 bits per heavy atom. The average molecular weight is 723 g/mol. The number of hydrogen-bond donors (Lipinski definition) is 0. The quantitative estimate of drug-likeness (QED) is 0.0280. The Hall–Kier alpha value is -3.41. The Bertz CT molecular complexity index is 1060. The molecular weight excluding hydrogens is 648 g/mol. The van der Waals surface area contributed by atoms with Gasteiger partial charge in [-0.2, -0.15) is 0 Å². The Labute approximate surface area is 318 Å². The SMILES string of the molecule is CC/C=C\C/C=C\C/C=C\C/C=C\C/C=C\CCC(=O)OCC(COC(=O)CCCCCCCCCCC)OC(=O)CCCC/C=C\C/C=C\CC. The van der Waals surface area contributed by atoms with Crippen molar-refractivity contribution >= 4 is 17.9 Å². The number of esters is 3. The first-order chi connectivity index (χ1) is 25.5. The lowest BCUT2D eigenvalue weighted by atomic mass is 10.1. The predicted molar refractivity (Wildman–Crippen MR) is 219 cm³/mol. The molecule has 0 aromatic rings. The maximum Gasteiger partial charge on any atom is 0.306 e. The molecule has 0 aliphatic heterocycles. The van der Waals surface area contributed by atoms with Crippen molar-refractivity contribution in [3.8, 4) is 0 Å². The normalized spacial score (nSPS) is 12.9. The van der Waals surface area contributed by atoms with Crippen LogP contribution in [0, 0.1) is 0 Å². The number of hydrogen-bond acceptors (Lipinski definition) is 6. The predicted octanol–water partition coefficient (Wildman–Crippen LogP) is 12.9. The third kappa shape index (κ3) is 37.8. The van der Waals surface area contributed by atoms with Gasteiger partial charge in [0, 0.05) is 19.3 Å². The summed E-state index contributed by atoms with van der Waals surface area (Å²) in [6.07, 6.45) is 50.2.